The van der Waals surface area contributed by atoms with Crippen LogP contribution < -0.4 is 16.0 Å². The monoisotopic (exact) mass is 525 g/mol. The van der Waals surface area contributed by atoms with Gasteiger partial charge >= 0.3 is 6.03 Å². The first-order chi connectivity index (χ1) is 18.6. The third-order valence-electron chi connectivity index (χ3n) is 7.14. The molecule has 4 aromatic rings. The number of carbonyl (C=O) groups excluding carboxylic acids is 1. The number of piperidine rings is 1. The van der Waals surface area contributed by atoms with Crippen molar-refractivity contribution in [3.8, 4) is 0 Å². The van der Waals surface area contributed by atoms with E-state index in [0.717, 1.165) is 67.0 Å². The van der Waals surface area contributed by atoms with E-state index in [1.165, 1.54) is 5.56 Å². The SMILES string of the molecule is O=C(Nc1ccc2cc1CCc1cncc(c1)Nc1ncc(Cl)c(n1)N2)N1CCC(c2ccccc2)CC1. The molecule has 1 saturated heterocycles. The molecule has 38 heavy (non-hydrogen) atoms. The highest BCUT2D eigenvalue weighted by atomic mass is 35.5. The Hall–Kier alpha value is -4.17. The summed E-state index contributed by atoms with van der Waals surface area (Å²) in [6, 6.07) is 18.4. The Morgan fingerprint density at radius 2 is 1.79 bits per heavy atom. The van der Waals surface area contributed by atoms with Crippen molar-refractivity contribution < 1.29 is 4.79 Å². The van der Waals surface area contributed by atoms with Crippen molar-refractivity contribution in [2.75, 3.05) is 29.0 Å². The van der Waals surface area contributed by atoms with E-state index in [-0.39, 0.29) is 6.03 Å². The van der Waals surface area contributed by atoms with Crippen LogP contribution in [0, 0.1) is 0 Å². The number of aryl methyl sites for hydroxylation is 2. The number of nitrogens with zero attached hydrogens (tertiary/aromatic N) is 4. The molecule has 6 rings (SSSR count). The molecule has 0 spiro atoms. The zero-order chi connectivity index (χ0) is 25.9. The Morgan fingerprint density at radius 1 is 0.947 bits per heavy atom. The average Bonchev–Trinajstić information content (AvgIpc) is 2.95. The van der Waals surface area contributed by atoms with E-state index in [9.17, 15) is 4.79 Å². The average molecular weight is 526 g/mol. The predicted octanol–water partition coefficient (Wildman–Crippen LogP) is 6.52. The normalized spacial score (nSPS) is 15.2. The summed E-state index contributed by atoms with van der Waals surface area (Å²) in [5.74, 6) is 1.42. The third kappa shape index (κ3) is 5.40. The molecule has 9 heteroatoms. The van der Waals surface area contributed by atoms with Gasteiger partial charge in [-0.05, 0) is 72.6 Å². The number of halogens is 1. The Kier molecular flexibility index (Phi) is 6.79. The summed E-state index contributed by atoms with van der Waals surface area (Å²) in [5, 5.41) is 10.1. The maximum Gasteiger partial charge on any atom is 0.321 e. The van der Waals surface area contributed by atoms with E-state index in [4.69, 9.17) is 11.6 Å². The van der Waals surface area contributed by atoms with Gasteiger partial charge in [0.1, 0.15) is 5.02 Å². The number of urea groups is 1. The molecular formula is C29H28ClN7O. The van der Waals surface area contributed by atoms with Crippen molar-refractivity contribution in [2.24, 2.45) is 0 Å². The van der Waals surface area contributed by atoms with Crippen molar-refractivity contribution >= 4 is 46.5 Å². The van der Waals surface area contributed by atoms with Crippen LogP contribution >= 0.6 is 11.6 Å². The molecule has 2 aliphatic heterocycles. The fourth-order valence-corrected chi connectivity index (χ4v) is 5.23. The second kappa shape index (κ2) is 10.7. The van der Waals surface area contributed by atoms with Crippen molar-refractivity contribution in [1.82, 2.24) is 19.9 Å². The first kappa shape index (κ1) is 24.2. The highest BCUT2D eigenvalue weighted by molar-refractivity contribution is 6.32. The minimum atomic E-state index is -0.0623. The van der Waals surface area contributed by atoms with Gasteiger partial charge in [0.25, 0.3) is 0 Å². The number of fused-ring (bicyclic) bond motifs is 6. The minimum absolute atomic E-state index is 0.0623. The third-order valence-corrected chi connectivity index (χ3v) is 7.42. The van der Waals surface area contributed by atoms with Crippen molar-refractivity contribution in [3.05, 3.63) is 94.9 Å². The molecule has 3 N–H and O–H groups in total. The molecule has 2 aromatic heterocycles. The standard InChI is InChI=1S/C29H28ClN7O/c30-25-18-32-28-34-24-14-19(16-31-17-24)6-7-22-15-23(33-27(25)36-28)8-9-26(22)35-29(38)37-12-10-21(11-13-37)20-4-2-1-3-5-20/h1-5,8-9,14-18,21H,6-7,10-13H2,(H,35,38)(H2,32,33,34,36). The summed E-state index contributed by atoms with van der Waals surface area (Å²) < 4.78 is 0. The molecule has 6 bridgehead atoms. The maximum atomic E-state index is 13.3. The molecule has 2 aromatic carbocycles. The van der Waals surface area contributed by atoms with Gasteiger partial charge in [-0.3, -0.25) is 4.98 Å². The van der Waals surface area contributed by atoms with Gasteiger partial charge in [-0.15, -0.1) is 0 Å². The highest BCUT2D eigenvalue weighted by Crippen LogP contribution is 2.31. The lowest BCUT2D eigenvalue weighted by atomic mass is 9.90. The molecule has 1 fully saturated rings. The summed E-state index contributed by atoms with van der Waals surface area (Å²) in [5.41, 5.74) is 5.88. The number of hydrogen-bond donors (Lipinski definition) is 3. The van der Waals surface area contributed by atoms with Gasteiger partial charge in [0.2, 0.25) is 5.95 Å². The van der Waals surface area contributed by atoms with Crippen LogP contribution in [-0.4, -0.2) is 39.0 Å². The van der Waals surface area contributed by atoms with Gasteiger partial charge in [-0.1, -0.05) is 41.9 Å². The number of likely N-dealkylation sites (tertiary alicyclic amines) is 1. The maximum absolute atomic E-state index is 13.3. The number of hydrogen-bond acceptors (Lipinski definition) is 6. The molecule has 2 aliphatic rings. The zero-order valence-electron chi connectivity index (χ0n) is 20.8. The van der Waals surface area contributed by atoms with Gasteiger partial charge in [0.15, 0.2) is 5.82 Å². The second-order valence-electron chi connectivity index (χ2n) is 9.70. The number of rotatable bonds is 2. The largest absolute Gasteiger partial charge is 0.339 e. The zero-order valence-corrected chi connectivity index (χ0v) is 21.6. The van der Waals surface area contributed by atoms with E-state index in [1.54, 1.807) is 12.4 Å². The summed E-state index contributed by atoms with van der Waals surface area (Å²) in [7, 11) is 0. The fraction of sp³-hybridized carbons (Fsp3) is 0.241. The van der Waals surface area contributed by atoms with E-state index >= 15 is 0 Å². The molecule has 0 unspecified atom stereocenters. The van der Waals surface area contributed by atoms with Crippen LogP contribution in [0.2, 0.25) is 5.02 Å². The topological polar surface area (TPSA) is 95.1 Å². The molecule has 0 atom stereocenters. The lowest BCUT2D eigenvalue weighted by molar-refractivity contribution is 0.194. The number of anilines is 5. The van der Waals surface area contributed by atoms with Crippen molar-refractivity contribution in [3.63, 3.8) is 0 Å². The lowest BCUT2D eigenvalue weighted by Gasteiger charge is -2.32. The molecule has 8 nitrogen and oxygen atoms in total. The Labute approximate surface area is 226 Å². The molecule has 192 valence electrons. The summed E-state index contributed by atoms with van der Waals surface area (Å²) in [6.45, 7) is 1.47. The van der Waals surface area contributed by atoms with Gasteiger partial charge in [-0.25, -0.2) is 9.78 Å². The van der Waals surface area contributed by atoms with Crippen LogP contribution in [0.1, 0.15) is 35.4 Å². The van der Waals surface area contributed by atoms with Crippen LogP contribution in [0.15, 0.2) is 73.2 Å². The molecule has 0 saturated carbocycles. The predicted molar refractivity (Wildman–Crippen MR) is 151 cm³/mol. The number of amides is 2. The Balaban J connectivity index is 1.22. The molecular weight excluding hydrogens is 498 g/mol. The van der Waals surface area contributed by atoms with Crippen molar-refractivity contribution in [1.29, 1.82) is 0 Å². The second-order valence-corrected chi connectivity index (χ2v) is 10.1. The van der Waals surface area contributed by atoms with Crippen molar-refractivity contribution in [2.45, 2.75) is 31.6 Å². The molecule has 0 radical (unpaired) electrons. The van der Waals surface area contributed by atoms with Crippen LogP contribution in [0.5, 0.6) is 0 Å². The van der Waals surface area contributed by atoms with Gasteiger partial charge in [-0.2, -0.15) is 4.98 Å². The van der Waals surface area contributed by atoms with Gasteiger partial charge < -0.3 is 20.9 Å². The number of aromatic nitrogens is 3. The number of benzene rings is 2. The van der Waals surface area contributed by atoms with E-state index in [1.807, 2.05) is 41.4 Å². The molecule has 0 aliphatic carbocycles. The quantitative estimate of drug-likeness (QED) is 0.276. The summed E-state index contributed by atoms with van der Waals surface area (Å²) in [4.78, 5) is 28.4. The van der Waals surface area contributed by atoms with E-state index in [0.29, 0.717) is 22.7 Å². The number of nitrogens with one attached hydrogen (secondary N) is 3. The van der Waals surface area contributed by atoms with Gasteiger partial charge in [0.05, 0.1) is 18.1 Å². The van der Waals surface area contributed by atoms with E-state index in [2.05, 4.69) is 55.2 Å². The number of carbonyl (C=O) groups is 1. The van der Waals surface area contributed by atoms with Crippen LogP contribution in [0.25, 0.3) is 0 Å². The van der Waals surface area contributed by atoms with E-state index < -0.39 is 0 Å². The van der Waals surface area contributed by atoms with Crippen LogP contribution in [0.4, 0.5) is 33.6 Å². The first-order valence-electron chi connectivity index (χ1n) is 12.8. The lowest BCUT2D eigenvalue weighted by Crippen LogP contribution is -2.40. The summed E-state index contributed by atoms with van der Waals surface area (Å²) in [6.07, 6.45) is 8.57. The summed E-state index contributed by atoms with van der Waals surface area (Å²) >= 11 is 6.38. The first-order valence-corrected chi connectivity index (χ1v) is 13.2. The molecule has 2 amide bonds. The molecule has 4 heterocycles. The minimum Gasteiger partial charge on any atom is -0.339 e. The van der Waals surface area contributed by atoms with Crippen LogP contribution in [0.3, 0.4) is 0 Å². The van der Waals surface area contributed by atoms with Crippen LogP contribution in [-0.2, 0) is 12.8 Å². The van der Waals surface area contributed by atoms with Gasteiger partial charge in [0, 0.05) is 30.7 Å². The highest BCUT2D eigenvalue weighted by Gasteiger charge is 2.24. The number of pyridine rings is 1. The smallest absolute Gasteiger partial charge is 0.321 e. The Bertz CT molecular complexity index is 1450. The Morgan fingerprint density at radius 3 is 2.63 bits per heavy atom. The fourth-order valence-electron chi connectivity index (χ4n) is 5.09.